The highest BCUT2D eigenvalue weighted by molar-refractivity contribution is 6.17. The van der Waals surface area contributed by atoms with Crippen molar-refractivity contribution in [3.63, 3.8) is 0 Å². The van der Waals surface area contributed by atoms with Crippen LogP contribution >= 0.6 is 11.6 Å². The lowest BCUT2D eigenvalue weighted by atomic mass is 9.67. The fourth-order valence-corrected chi connectivity index (χ4v) is 3.91. The number of amides is 1. The summed E-state index contributed by atoms with van der Waals surface area (Å²) in [4.78, 5) is 12.2. The van der Waals surface area contributed by atoms with Crippen molar-refractivity contribution in [3.05, 3.63) is 0 Å². The van der Waals surface area contributed by atoms with Crippen LogP contribution in [0.3, 0.4) is 0 Å². The molecule has 3 unspecified atom stereocenters. The molecule has 4 heteroatoms. The molecule has 0 radical (unpaired) electrons. The Morgan fingerprint density at radius 3 is 2.70 bits per heavy atom. The summed E-state index contributed by atoms with van der Waals surface area (Å²) in [5.74, 6) is 2.80. The number of ether oxygens (including phenoxy) is 1. The van der Waals surface area contributed by atoms with E-state index in [4.69, 9.17) is 16.3 Å². The fourth-order valence-electron chi connectivity index (χ4n) is 3.80. The molecule has 0 saturated heterocycles. The number of nitrogens with one attached hydrogen (secondary N) is 1. The van der Waals surface area contributed by atoms with Crippen molar-refractivity contribution >= 4 is 17.5 Å². The van der Waals surface area contributed by atoms with Crippen LogP contribution in [0, 0.1) is 17.8 Å². The zero-order valence-electron chi connectivity index (χ0n) is 12.4. The van der Waals surface area contributed by atoms with E-state index < -0.39 is 0 Å². The van der Waals surface area contributed by atoms with Gasteiger partial charge in [0, 0.05) is 24.9 Å². The van der Waals surface area contributed by atoms with Gasteiger partial charge < -0.3 is 10.1 Å². The quantitative estimate of drug-likeness (QED) is 0.578. The molecule has 0 aliphatic heterocycles. The largest absolute Gasteiger partial charge is 0.380 e. The summed E-state index contributed by atoms with van der Waals surface area (Å²) >= 11 is 5.53. The number of rotatable bonds is 7. The molecule has 0 aromatic carbocycles. The Bertz CT molecular complexity index is 298. The van der Waals surface area contributed by atoms with Gasteiger partial charge in [-0.2, -0.15) is 0 Å². The highest BCUT2D eigenvalue weighted by atomic mass is 35.5. The Labute approximate surface area is 127 Å². The normalized spacial score (nSPS) is 29.8. The molecule has 2 aliphatic rings. The predicted octanol–water partition coefficient (Wildman–Crippen LogP) is 3.35. The fraction of sp³-hybridized carbons (Fsp3) is 0.938. The minimum atomic E-state index is 0.262. The average molecular weight is 302 g/mol. The van der Waals surface area contributed by atoms with Crippen LogP contribution in [-0.4, -0.2) is 31.5 Å². The van der Waals surface area contributed by atoms with Gasteiger partial charge in [-0.05, 0) is 37.5 Å². The predicted molar refractivity (Wildman–Crippen MR) is 82.0 cm³/mol. The Morgan fingerprint density at radius 1 is 1.10 bits per heavy atom. The van der Waals surface area contributed by atoms with Crippen molar-refractivity contribution < 1.29 is 9.53 Å². The maximum atomic E-state index is 12.2. The van der Waals surface area contributed by atoms with Crippen LogP contribution in [0.4, 0.5) is 0 Å². The number of fused-ring (bicyclic) bond motifs is 1. The molecule has 0 aromatic heterocycles. The zero-order valence-corrected chi connectivity index (χ0v) is 13.2. The summed E-state index contributed by atoms with van der Waals surface area (Å²) in [5.41, 5.74) is 0. The zero-order chi connectivity index (χ0) is 14.2. The first-order chi connectivity index (χ1) is 9.81. The first kappa shape index (κ1) is 16.1. The smallest absolute Gasteiger partial charge is 0.223 e. The van der Waals surface area contributed by atoms with E-state index in [0.29, 0.717) is 19.1 Å². The Hall–Kier alpha value is -0.280. The molecule has 116 valence electrons. The summed E-state index contributed by atoms with van der Waals surface area (Å²) in [6.45, 7) is 2.01. The average Bonchev–Trinajstić information content (AvgIpc) is 2.50. The van der Waals surface area contributed by atoms with Crippen LogP contribution < -0.4 is 5.32 Å². The van der Waals surface area contributed by atoms with Gasteiger partial charge in [-0.3, -0.25) is 4.79 Å². The highest BCUT2D eigenvalue weighted by Crippen LogP contribution is 2.42. The third kappa shape index (κ3) is 4.92. The maximum Gasteiger partial charge on any atom is 0.223 e. The van der Waals surface area contributed by atoms with Gasteiger partial charge in [0.25, 0.3) is 0 Å². The number of carbonyl (C=O) groups is 1. The van der Waals surface area contributed by atoms with Crippen LogP contribution in [0.25, 0.3) is 0 Å². The maximum absolute atomic E-state index is 12.2. The molecular formula is C16H28ClNO2. The second-order valence-electron chi connectivity index (χ2n) is 6.26. The van der Waals surface area contributed by atoms with Gasteiger partial charge in [0.15, 0.2) is 0 Å². The molecule has 0 spiro atoms. The molecule has 1 N–H and O–H groups in total. The minimum Gasteiger partial charge on any atom is -0.380 e. The molecule has 2 rings (SSSR count). The summed E-state index contributed by atoms with van der Waals surface area (Å²) in [7, 11) is 0. The topological polar surface area (TPSA) is 38.3 Å². The van der Waals surface area contributed by atoms with E-state index in [1.165, 1.54) is 32.1 Å². The number of carbonyl (C=O) groups excluding carboxylic acids is 1. The molecule has 0 bridgehead atoms. The van der Waals surface area contributed by atoms with Gasteiger partial charge >= 0.3 is 0 Å². The third-order valence-electron chi connectivity index (χ3n) is 4.90. The third-order valence-corrected chi connectivity index (χ3v) is 5.05. The number of hydrogen-bond acceptors (Lipinski definition) is 2. The SMILES string of the molecule is O=C(NCCCOCCCl)C1CCC2CCCCC2C1. The van der Waals surface area contributed by atoms with E-state index in [1.54, 1.807) is 0 Å². The number of alkyl halides is 1. The van der Waals surface area contributed by atoms with Crippen LogP contribution in [0.15, 0.2) is 0 Å². The van der Waals surface area contributed by atoms with Gasteiger partial charge in [0.2, 0.25) is 5.91 Å². The number of halogens is 1. The Kier molecular flexibility index (Phi) is 7.15. The highest BCUT2D eigenvalue weighted by Gasteiger charge is 2.34. The standard InChI is InChI=1S/C16H28ClNO2/c17-8-11-20-10-3-9-18-16(19)15-7-6-13-4-1-2-5-14(13)12-15/h13-15H,1-12H2,(H,18,19). The number of hydrogen-bond donors (Lipinski definition) is 1. The Morgan fingerprint density at radius 2 is 1.90 bits per heavy atom. The molecular weight excluding hydrogens is 274 g/mol. The molecule has 20 heavy (non-hydrogen) atoms. The second-order valence-corrected chi connectivity index (χ2v) is 6.64. The van der Waals surface area contributed by atoms with Crippen molar-refractivity contribution in [1.29, 1.82) is 0 Å². The van der Waals surface area contributed by atoms with Crippen molar-refractivity contribution in [2.24, 2.45) is 17.8 Å². The van der Waals surface area contributed by atoms with Gasteiger partial charge in [0.05, 0.1) is 6.61 Å². The van der Waals surface area contributed by atoms with Gasteiger partial charge in [0.1, 0.15) is 0 Å². The summed E-state index contributed by atoms with van der Waals surface area (Å²) in [6.07, 6.45) is 9.88. The van der Waals surface area contributed by atoms with Gasteiger partial charge in [-0.15, -0.1) is 11.6 Å². The van der Waals surface area contributed by atoms with E-state index in [-0.39, 0.29) is 11.8 Å². The molecule has 0 heterocycles. The molecule has 2 fully saturated rings. The first-order valence-corrected chi connectivity index (χ1v) is 8.76. The molecule has 2 saturated carbocycles. The summed E-state index contributed by atoms with van der Waals surface area (Å²) in [6, 6.07) is 0. The lowest BCUT2D eigenvalue weighted by Crippen LogP contribution is -2.37. The van der Waals surface area contributed by atoms with E-state index in [9.17, 15) is 4.79 Å². The van der Waals surface area contributed by atoms with Gasteiger partial charge in [-0.1, -0.05) is 25.7 Å². The molecule has 1 amide bonds. The second kappa shape index (κ2) is 8.89. The van der Waals surface area contributed by atoms with E-state index >= 15 is 0 Å². The van der Waals surface area contributed by atoms with Gasteiger partial charge in [-0.25, -0.2) is 0 Å². The Balaban J connectivity index is 1.60. The van der Waals surface area contributed by atoms with Crippen molar-refractivity contribution in [3.8, 4) is 0 Å². The van der Waals surface area contributed by atoms with Crippen molar-refractivity contribution in [2.45, 2.75) is 51.4 Å². The monoisotopic (exact) mass is 301 g/mol. The lowest BCUT2D eigenvalue weighted by molar-refractivity contribution is -0.127. The molecule has 3 nitrogen and oxygen atoms in total. The van der Waals surface area contributed by atoms with Crippen molar-refractivity contribution in [1.82, 2.24) is 5.32 Å². The summed E-state index contributed by atoms with van der Waals surface area (Å²) < 4.78 is 5.30. The molecule has 3 atom stereocenters. The van der Waals surface area contributed by atoms with Crippen LogP contribution in [0.2, 0.25) is 0 Å². The van der Waals surface area contributed by atoms with E-state index in [2.05, 4.69) is 5.32 Å². The van der Waals surface area contributed by atoms with Crippen molar-refractivity contribution in [2.75, 3.05) is 25.6 Å². The van der Waals surface area contributed by atoms with Crippen LogP contribution in [0.1, 0.15) is 51.4 Å². The summed E-state index contributed by atoms with van der Waals surface area (Å²) in [5, 5.41) is 3.07. The lowest BCUT2D eigenvalue weighted by Gasteiger charge is -2.38. The van der Waals surface area contributed by atoms with Crippen LogP contribution in [0.5, 0.6) is 0 Å². The molecule has 0 aromatic rings. The van der Waals surface area contributed by atoms with E-state index in [0.717, 1.165) is 37.6 Å². The van der Waals surface area contributed by atoms with E-state index in [1.807, 2.05) is 0 Å². The van der Waals surface area contributed by atoms with Crippen LogP contribution in [-0.2, 0) is 9.53 Å². The minimum absolute atomic E-state index is 0.262. The molecule has 2 aliphatic carbocycles. The first-order valence-electron chi connectivity index (χ1n) is 8.22.